The first-order valence-electron chi connectivity index (χ1n) is 8.66. The van der Waals surface area contributed by atoms with Gasteiger partial charge in [-0.3, -0.25) is 4.79 Å². The van der Waals surface area contributed by atoms with E-state index in [1.54, 1.807) is 11.7 Å². The molecule has 0 aliphatic carbocycles. The molecule has 0 atom stereocenters. The minimum Gasteiger partial charge on any atom is -0.496 e. The molecule has 0 bridgehead atoms. The summed E-state index contributed by atoms with van der Waals surface area (Å²) in [6.45, 7) is -0.0502. The van der Waals surface area contributed by atoms with E-state index >= 15 is 0 Å². The Morgan fingerprint density at radius 3 is 2.83 bits per heavy atom. The van der Waals surface area contributed by atoms with Crippen LogP contribution in [0.2, 0.25) is 0 Å². The highest BCUT2D eigenvalue weighted by Gasteiger charge is 2.20. The van der Waals surface area contributed by atoms with Crippen LogP contribution < -0.4 is 15.9 Å². The molecule has 2 aromatic carbocycles. The Balaban J connectivity index is 1.58. The van der Waals surface area contributed by atoms with Crippen LogP contribution in [0.5, 0.6) is 5.75 Å². The number of amides is 1. The summed E-state index contributed by atoms with van der Waals surface area (Å²) in [6.07, 6.45) is 1.52. The maximum absolute atomic E-state index is 12.5. The highest BCUT2D eigenvalue weighted by molar-refractivity contribution is 5.87. The summed E-state index contributed by atoms with van der Waals surface area (Å²) in [5.41, 5.74) is 10.8. The van der Waals surface area contributed by atoms with Crippen molar-refractivity contribution in [2.75, 3.05) is 12.8 Å². The number of carbonyl (C=O) groups excluding carboxylic acids is 1. The summed E-state index contributed by atoms with van der Waals surface area (Å²) in [4.78, 5) is 17.0. The number of nitrogens with one attached hydrogen (secondary N) is 1. The van der Waals surface area contributed by atoms with Crippen molar-refractivity contribution in [2.45, 2.75) is 6.54 Å². The van der Waals surface area contributed by atoms with Crippen LogP contribution in [0.4, 0.5) is 5.82 Å². The third-order valence-corrected chi connectivity index (χ3v) is 4.21. The molecule has 0 fully saturated rings. The van der Waals surface area contributed by atoms with Gasteiger partial charge in [-0.2, -0.15) is 5.10 Å². The maximum atomic E-state index is 12.5. The summed E-state index contributed by atoms with van der Waals surface area (Å²) in [5.74, 6) is 0.780. The molecular formula is C19H17N7O3. The first-order valence-corrected chi connectivity index (χ1v) is 8.66. The fourth-order valence-corrected chi connectivity index (χ4v) is 2.89. The minimum absolute atomic E-state index is 0.0502. The van der Waals surface area contributed by atoms with Crippen LogP contribution in [-0.2, 0) is 11.3 Å². The molecule has 0 saturated heterocycles. The van der Waals surface area contributed by atoms with E-state index in [2.05, 4.69) is 30.5 Å². The number of hydrogen-bond acceptors (Lipinski definition) is 8. The van der Waals surface area contributed by atoms with Gasteiger partial charge in [0.05, 0.1) is 24.4 Å². The molecule has 10 heteroatoms. The molecule has 0 aliphatic rings. The monoisotopic (exact) mass is 391 g/mol. The van der Waals surface area contributed by atoms with Crippen molar-refractivity contribution < 1.29 is 14.2 Å². The molecule has 0 radical (unpaired) electrons. The van der Waals surface area contributed by atoms with Crippen LogP contribution in [0.25, 0.3) is 22.6 Å². The number of imidazole rings is 1. The van der Waals surface area contributed by atoms with E-state index in [1.807, 2.05) is 48.5 Å². The fraction of sp³-hybridized carbons (Fsp3) is 0.105. The van der Waals surface area contributed by atoms with Crippen molar-refractivity contribution >= 4 is 29.0 Å². The molecule has 29 heavy (non-hydrogen) atoms. The number of nitrogens with zero attached hydrogens (tertiary/aromatic N) is 5. The van der Waals surface area contributed by atoms with Gasteiger partial charge >= 0.3 is 0 Å². The second-order valence-corrected chi connectivity index (χ2v) is 6.04. The van der Waals surface area contributed by atoms with E-state index in [9.17, 15) is 4.79 Å². The molecule has 1 amide bonds. The van der Waals surface area contributed by atoms with Crippen LogP contribution in [-0.4, -0.2) is 39.1 Å². The van der Waals surface area contributed by atoms with E-state index in [4.69, 9.17) is 10.5 Å². The number of para-hydroxylation sites is 3. The quantitative estimate of drug-likeness (QED) is 0.378. The van der Waals surface area contributed by atoms with Gasteiger partial charge in [0.25, 0.3) is 5.91 Å². The number of anilines is 1. The summed E-state index contributed by atoms with van der Waals surface area (Å²) in [6, 6.07) is 14.7. The lowest BCUT2D eigenvalue weighted by atomic mass is 10.2. The Bertz CT molecular complexity index is 1200. The van der Waals surface area contributed by atoms with Crippen LogP contribution in [0.3, 0.4) is 0 Å². The van der Waals surface area contributed by atoms with Crippen LogP contribution in [0.15, 0.2) is 58.3 Å². The summed E-state index contributed by atoms with van der Waals surface area (Å²) >= 11 is 0. The van der Waals surface area contributed by atoms with E-state index in [0.29, 0.717) is 17.1 Å². The normalized spacial score (nSPS) is 11.2. The predicted molar refractivity (Wildman–Crippen MR) is 106 cm³/mol. The SMILES string of the molecule is COc1ccccc1/C=N/NC(=O)Cn1c(-c2nonc2N)nc2ccccc21. The summed E-state index contributed by atoms with van der Waals surface area (Å²) in [5, 5.41) is 11.4. The van der Waals surface area contributed by atoms with Crippen molar-refractivity contribution in [3.8, 4) is 17.3 Å². The second kappa shape index (κ2) is 7.80. The number of hydrazone groups is 1. The van der Waals surface area contributed by atoms with Gasteiger partial charge in [0.15, 0.2) is 17.3 Å². The number of aromatic nitrogens is 4. The van der Waals surface area contributed by atoms with Gasteiger partial charge < -0.3 is 15.0 Å². The lowest BCUT2D eigenvalue weighted by Gasteiger charge is -2.07. The van der Waals surface area contributed by atoms with Crippen molar-refractivity contribution in [2.24, 2.45) is 5.10 Å². The highest BCUT2D eigenvalue weighted by Crippen LogP contribution is 2.26. The Morgan fingerprint density at radius 2 is 2.03 bits per heavy atom. The first kappa shape index (κ1) is 18.2. The number of carbonyl (C=O) groups is 1. The van der Waals surface area contributed by atoms with E-state index in [1.165, 1.54) is 6.21 Å². The smallest absolute Gasteiger partial charge is 0.260 e. The molecule has 0 saturated carbocycles. The summed E-state index contributed by atoms with van der Waals surface area (Å²) < 4.78 is 11.6. The number of ether oxygens (including phenoxy) is 1. The molecular weight excluding hydrogens is 374 g/mol. The molecule has 0 aliphatic heterocycles. The van der Waals surface area contributed by atoms with Crippen molar-refractivity contribution in [1.29, 1.82) is 0 Å². The van der Waals surface area contributed by atoms with E-state index < -0.39 is 0 Å². The number of nitrogen functional groups attached to an aromatic ring is 1. The predicted octanol–water partition coefficient (Wildman–Crippen LogP) is 1.83. The lowest BCUT2D eigenvalue weighted by Crippen LogP contribution is -2.23. The number of rotatable bonds is 6. The van der Waals surface area contributed by atoms with Crippen LogP contribution in [0.1, 0.15) is 5.56 Å². The minimum atomic E-state index is -0.351. The Morgan fingerprint density at radius 1 is 1.24 bits per heavy atom. The Kier molecular flexibility index (Phi) is 4.89. The molecule has 10 nitrogen and oxygen atoms in total. The van der Waals surface area contributed by atoms with E-state index in [0.717, 1.165) is 11.1 Å². The van der Waals surface area contributed by atoms with Gasteiger partial charge in [-0.05, 0) is 34.6 Å². The fourth-order valence-electron chi connectivity index (χ4n) is 2.89. The maximum Gasteiger partial charge on any atom is 0.260 e. The number of benzene rings is 2. The van der Waals surface area contributed by atoms with Crippen molar-refractivity contribution in [3.05, 3.63) is 54.1 Å². The topological polar surface area (TPSA) is 133 Å². The van der Waals surface area contributed by atoms with Gasteiger partial charge in [0.2, 0.25) is 0 Å². The number of nitrogens with two attached hydrogens (primary N) is 1. The van der Waals surface area contributed by atoms with Crippen LogP contribution in [0, 0.1) is 0 Å². The molecule has 146 valence electrons. The second-order valence-electron chi connectivity index (χ2n) is 6.04. The van der Waals surface area contributed by atoms with E-state index in [-0.39, 0.29) is 24.0 Å². The largest absolute Gasteiger partial charge is 0.496 e. The van der Waals surface area contributed by atoms with Gasteiger partial charge in [0, 0.05) is 5.56 Å². The third kappa shape index (κ3) is 3.63. The van der Waals surface area contributed by atoms with Gasteiger partial charge in [-0.25, -0.2) is 15.0 Å². The van der Waals surface area contributed by atoms with Crippen molar-refractivity contribution in [3.63, 3.8) is 0 Å². The molecule has 2 heterocycles. The molecule has 2 aromatic heterocycles. The molecule has 4 aromatic rings. The number of methoxy groups -OCH3 is 1. The summed E-state index contributed by atoms with van der Waals surface area (Å²) in [7, 11) is 1.57. The van der Waals surface area contributed by atoms with Crippen molar-refractivity contribution in [1.82, 2.24) is 25.3 Å². The van der Waals surface area contributed by atoms with Gasteiger partial charge in [-0.1, -0.05) is 24.3 Å². The first-order chi connectivity index (χ1) is 14.2. The molecule has 3 N–H and O–H groups in total. The van der Waals surface area contributed by atoms with Crippen LogP contribution >= 0.6 is 0 Å². The third-order valence-electron chi connectivity index (χ3n) is 4.21. The zero-order chi connectivity index (χ0) is 20.2. The molecule has 4 rings (SSSR count). The van der Waals surface area contributed by atoms with Gasteiger partial charge in [-0.15, -0.1) is 0 Å². The highest BCUT2D eigenvalue weighted by atomic mass is 16.6. The number of fused-ring (bicyclic) bond motifs is 1. The Labute approximate surface area is 164 Å². The average molecular weight is 391 g/mol. The zero-order valence-electron chi connectivity index (χ0n) is 15.4. The zero-order valence-corrected chi connectivity index (χ0v) is 15.4. The van der Waals surface area contributed by atoms with Gasteiger partial charge in [0.1, 0.15) is 12.3 Å². The number of hydrogen-bond donors (Lipinski definition) is 2. The standard InChI is InChI=1S/C19H17N7O3/c1-28-15-9-5-2-6-12(15)10-21-23-16(27)11-26-14-8-4-3-7-13(14)22-19(26)17-18(20)25-29-24-17/h2-10H,11H2,1H3,(H2,20,25)(H,23,27)/b21-10+. The Hall–Kier alpha value is -4.21. The molecule has 0 spiro atoms. The lowest BCUT2D eigenvalue weighted by molar-refractivity contribution is -0.121. The average Bonchev–Trinajstić information content (AvgIpc) is 3.32. The molecule has 0 unspecified atom stereocenters.